The Kier molecular flexibility index (Phi) is 3.57. The first-order valence-electron chi connectivity index (χ1n) is 7.92. The molecule has 0 aromatic heterocycles. The number of fused-ring (bicyclic) bond motifs is 1. The van der Waals surface area contributed by atoms with Gasteiger partial charge in [-0.25, -0.2) is 0 Å². The number of carbonyl (C=O) groups is 2. The van der Waals surface area contributed by atoms with Gasteiger partial charge in [-0.1, -0.05) is 23.7 Å². The molecule has 2 aromatic rings. The fourth-order valence-electron chi connectivity index (χ4n) is 3.46. The van der Waals surface area contributed by atoms with Crippen molar-refractivity contribution < 1.29 is 14.3 Å². The van der Waals surface area contributed by atoms with Crippen LogP contribution in [-0.2, 0) is 0 Å². The van der Waals surface area contributed by atoms with E-state index in [1.165, 1.54) is 0 Å². The summed E-state index contributed by atoms with van der Waals surface area (Å²) >= 11 is 5.87. The first-order chi connectivity index (χ1) is 11.6. The Morgan fingerprint density at radius 1 is 1.12 bits per heavy atom. The van der Waals surface area contributed by atoms with Crippen molar-refractivity contribution in [2.75, 3.05) is 13.1 Å². The van der Waals surface area contributed by atoms with E-state index in [0.29, 0.717) is 47.8 Å². The van der Waals surface area contributed by atoms with Gasteiger partial charge in [0.25, 0.3) is 5.91 Å². The highest BCUT2D eigenvalue weighted by molar-refractivity contribution is 6.30. The minimum Gasteiger partial charge on any atom is -0.484 e. The number of amides is 1. The van der Waals surface area contributed by atoms with Gasteiger partial charge < -0.3 is 9.64 Å². The zero-order valence-electron chi connectivity index (χ0n) is 13.0. The Morgan fingerprint density at radius 2 is 1.88 bits per heavy atom. The number of rotatable bonds is 1. The van der Waals surface area contributed by atoms with E-state index in [1.54, 1.807) is 35.2 Å². The summed E-state index contributed by atoms with van der Waals surface area (Å²) in [7, 11) is 0. The number of Topliss-reactive ketones (excluding diaryl/α,β-unsaturated/α-hetero) is 1. The van der Waals surface area contributed by atoms with E-state index in [2.05, 4.69) is 0 Å². The van der Waals surface area contributed by atoms with Crippen molar-refractivity contribution in [3.8, 4) is 5.75 Å². The van der Waals surface area contributed by atoms with Crippen LogP contribution in [0.3, 0.4) is 0 Å². The topological polar surface area (TPSA) is 46.6 Å². The van der Waals surface area contributed by atoms with Crippen molar-refractivity contribution in [3.63, 3.8) is 0 Å². The molecule has 122 valence electrons. The molecule has 24 heavy (non-hydrogen) atoms. The Labute approximate surface area is 145 Å². The van der Waals surface area contributed by atoms with Crippen LogP contribution in [0.4, 0.5) is 0 Å². The lowest BCUT2D eigenvalue weighted by atomic mass is 9.89. The standard InChI is InChI=1S/C19H16ClNO3/c20-14-7-5-13(6-8-14)18(23)21-10-9-19(12-21)11-16(22)15-3-1-2-4-17(15)24-19/h1-8H,9-12H2. The molecule has 1 amide bonds. The molecule has 2 heterocycles. The molecule has 1 spiro atoms. The normalized spacial score (nSPS) is 22.4. The molecule has 0 N–H and O–H groups in total. The quantitative estimate of drug-likeness (QED) is 0.796. The number of ether oxygens (including phenoxy) is 1. The minimum absolute atomic E-state index is 0.0570. The van der Waals surface area contributed by atoms with E-state index in [0.717, 1.165) is 0 Å². The zero-order valence-corrected chi connectivity index (χ0v) is 13.8. The number of likely N-dealkylation sites (tertiary alicyclic amines) is 1. The van der Waals surface area contributed by atoms with Crippen LogP contribution in [0.1, 0.15) is 33.6 Å². The maximum Gasteiger partial charge on any atom is 0.253 e. The maximum absolute atomic E-state index is 12.7. The van der Waals surface area contributed by atoms with Gasteiger partial charge >= 0.3 is 0 Å². The number of carbonyl (C=O) groups excluding carboxylic acids is 2. The number of benzene rings is 2. The Morgan fingerprint density at radius 3 is 2.67 bits per heavy atom. The van der Waals surface area contributed by atoms with Gasteiger partial charge in [0.1, 0.15) is 11.4 Å². The molecule has 0 radical (unpaired) electrons. The lowest BCUT2D eigenvalue weighted by Gasteiger charge is -2.34. The zero-order chi connectivity index (χ0) is 16.7. The van der Waals surface area contributed by atoms with E-state index in [-0.39, 0.29) is 11.7 Å². The number of hydrogen-bond donors (Lipinski definition) is 0. The highest BCUT2D eigenvalue weighted by Gasteiger charge is 2.46. The molecule has 0 saturated carbocycles. The Balaban J connectivity index is 1.55. The second-order valence-corrected chi connectivity index (χ2v) is 6.80. The number of hydrogen-bond acceptors (Lipinski definition) is 3. The Bertz CT molecular complexity index is 818. The van der Waals surface area contributed by atoms with Crippen molar-refractivity contribution in [2.24, 2.45) is 0 Å². The average molecular weight is 342 g/mol. The molecule has 4 rings (SSSR count). The fourth-order valence-corrected chi connectivity index (χ4v) is 3.59. The summed E-state index contributed by atoms with van der Waals surface area (Å²) in [6, 6.07) is 14.2. The molecule has 1 atom stereocenters. The number of ketones is 1. The van der Waals surface area contributed by atoms with Gasteiger partial charge in [-0.3, -0.25) is 9.59 Å². The molecule has 1 fully saturated rings. The molecule has 2 aromatic carbocycles. The summed E-state index contributed by atoms with van der Waals surface area (Å²) < 4.78 is 6.15. The van der Waals surface area contributed by atoms with Crippen LogP contribution in [0.25, 0.3) is 0 Å². The van der Waals surface area contributed by atoms with Gasteiger partial charge in [0, 0.05) is 23.6 Å². The summed E-state index contributed by atoms with van der Waals surface area (Å²) in [5.74, 6) is 0.644. The second kappa shape index (κ2) is 5.64. The molecule has 2 aliphatic rings. The van der Waals surface area contributed by atoms with Crippen LogP contribution in [0.5, 0.6) is 5.75 Å². The van der Waals surface area contributed by atoms with Crippen molar-refractivity contribution in [1.82, 2.24) is 4.90 Å². The van der Waals surface area contributed by atoms with Crippen LogP contribution < -0.4 is 4.74 Å². The van der Waals surface area contributed by atoms with Crippen LogP contribution in [0.15, 0.2) is 48.5 Å². The minimum atomic E-state index is -0.604. The Hall–Kier alpha value is -2.33. The van der Waals surface area contributed by atoms with Crippen molar-refractivity contribution in [3.05, 3.63) is 64.7 Å². The third-order valence-corrected chi connectivity index (χ3v) is 4.94. The monoisotopic (exact) mass is 341 g/mol. The van der Waals surface area contributed by atoms with Crippen molar-refractivity contribution in [1.29, 1.82) is 0 Å². The first kappa shape index (κ1) is 15.2. The molecule has 0 aliphatic carbocycles. The van der Waals surface area contributed by atoms with Gasteiger partial charge in [0.05, 0.1) is 18.5 Å². The van der Waals surface area contributed by atoms with Gasteiger partial charge in [-0.15, -0.1) is 0 Å². The second-order valence-electron chi connectivity index (χ2n) is 6.36. The number of nitrogens with zero attached hydrogens (tertiary/aromatic N) is 1. The van der Waals surface area contributed by atoms with Crippen LogP contribution in [0.2, 0.25) is 5.02 Å². The summed E-state index contributed by atoms with van der Waals surface area (Å²) in [6.45, 7) is 1.01. The third kappa shape index (κ3) is 2.57. The highest BCUT2D eigenvalue weighted by Crippen LogP contribution is 2.38. The largest absolute Gasteiger partial charge is 0.484 e. The van der Waals surface area contributed by atoms with Crippen LogP contribution >= 0.6 is 11.6 Å². The van der Waals surface area contributed by atoms with E-state index in [1.807, 2.05) is 18.2 Å². The molecule has 1 unspecified atom stereocenters. The van der Waals surface area contributed by atoms with Crippen LogP contribution in [-0.4, -0.2) is 35.3 Å². The molecular weight excluding hydrogens is 326 g/mol. The van der Waals surface area contributed by atoms with Gasteiger partial charge in [0.2, 0.25) is 0 Å². The summed E-state index contributed by atoms with van der Waals surface area (Å²) in [4.78, 5) is 26.8. The van der Waals surface area contributed by atoms with Crippen LogP contribution in [0, 0.1) is 0 Å². The number of para-hydroxylation sites is 1. The summed E-state index contributed by atoms with van der Waals surface area (Å²) in [5, 5.41) is 0.599. The summed E-state index contributed by atoms with van der Waals surface area (Å²) in [5.41, 5.74) is 0.623. The highest BCUT2D eigenvalue weighted by atomic mass is 35.5. The van der Waals surface area contributed by atoms with Crippen molar-refractivity contribution >= 4 is 23.3 Å². The van der Waals surface area contributed by atoms with Crippen molar-refractivity contribution in [2.45, 2.75) is 18.4 Å². The predicted molar refractivity (Wildman–Crippen MR) is 90.7 cm³/mol. The fraction of sp³-hybridized carbons (Fsp3) is 0.263. The smallest absolute Gasteiger partial charge is 0.253 e. The number of halogens is 1. The lowest BCUT2D eigenvalue weighted by molar-refractivity contribution is 0.0428. The molecule has 0 bridgehead atoms. The van der Waals surface area contributed by atoms with E-state index in [4.69, 9.17) is 16.3 Å². The molecule has 2 aliphatic heterocycles. The molecule has 5 heteroatoms. The molecule has 1 saturated heterocycles. The predicted octanol–water partition coefficient (Wildman–Crippen LogP) is 3.59. The van der Waals surface area contributed by atoms with E-state index < -0.39 is 5.60 Å². The summed E-state index contributed by atoms with van der Waals surface area (Å²) in [6.07, 6.45) is 0.973. The molecular formula is C19H16ClNO3. The van der Waals surface area contributed by atoms with E-state index in [9.17, 15) is 9.59 Å². The van der Waals surface area contributed by atoms with Gasteiger partial charge in [0.15, 0.2) is 5.78 Å². The third-order valence-electron chi connectivity index (χ3n) is 4.69. The average Bonchev–Trinajstić information content (AvgIpc) is 2.98. The van der Waals surface area contributed by atoms with Gasteiger partial charge in [-0.05, 0) is 36.4 Å². The maximum atomic E-state index is 12.7. The first-order valence-corrected chi connectivity index (χ1v) is 8.30. The van der Waals surface area contributed by atoms with Gasteiger partial charge in [-0.2, -0.15) is 0 Å². The SMILES string of the molecule is O=C1CC2(CCN(C(=O)c3ccc(Cl)cc3)C2)Oc2ccccc21. The molecule has 4 nitrogen and oxygen atoms in total. The lowest BCUT2D eigenvalue weighted by Crippen LogP contribution is -2.45. The van der Waals surface area contributed by atoms with E-state index >= 15 is 0 Å².